The SMILES string of the molecule is c1ccc(-c2nc(-c3cccc4sc5ccc(-c6nc7ccccc7o6)cc5c34)nc(-n3c4ccccc4c4ccccc43)n2)cc1. The maximum Gasteiger partial charge on any atom is 0.238 e. The minimum atomic E-state index is 0.579. The van der Waals surface area contributed by atoms with Gasteiger partial charge in [-0.15, -0.1) is 11.3 Å². The van der Waals surface area contributed by atoms with Gasteiger partial charge in [-0.25, -0.2) is 9.97 Å². The third kappa shape index (κ3) is 4.10. The summed E-state index contributed by atoms with van der Waals surface area (Å²) in [6, 6.07) is 47.6. The fourth-order valence-corrected chi connectivity index (χ4v) is 7.69. The molecule has 0 saturated carbocycles. The van der Waals surface area contributed by atoms with E-state index in [1.54, 1.807) is 11.3 Å². The van der Waals surface area contributed by atoms with Crippen molar-refractivity contribution in [1.82, 2.24) is 24.5 Å². The first-order chi connectivity index (χ1) is 23.3. The van der Waals surface area contributed by atoms with E-state index in [2.05, 4.69) is 89.5 Å². The second-order valence-corrected chi connectivity index (χ2v) is 12.6. The predicted molar refractivity (Wildman–Crippen MR) is 191 cm³/mol. The molecule has 0 N–H and O–H groups in total. The van der Waals surface area contributed by atoms with Crippen LogP contribution < -0.4 is 0 Å². The first-order valence-electron chi connectivity index (χ1n) is 15.4. The van der Waals surface area contributed by atoms with Gasteiger partial charge in [0.25, 0.3) is 0 Å². The van der Waals surface area contributed by atoms with Crippen LogP contribution in [0.2, 0.25) is 0 Å². The van der Waals surface area contributed by atoms with Gasteiger partial charge in [0.05, 0.1) is 11.0 Å². The Morgan fingerprint density at radius 3 is 2.04 bits per heavy atom. The normalized spacial score (nSPS) is 11.8. The Bertz CT molecular complexity index is 2730. The molecular formula is C40H23N5OS. The first-order valence-corrected chi connectivity index (χ1v) is 16.2. The summed E-state index contributed by atoms with van der Waals surface area (Å²) in [5.74, 6) is 2.42. The third-order valence-electron chi connectivity index (χ3n) is 8.71. The number of benzene rings is 6. The van der Waals surface area contributed by atoms with Crippen LogP contribution in [0.25, 0.3) is 93.3 Å². The molecule has 7 heteroatoms. The Balaban J connectivity index is 1.24. The molecule has 6 aromatic carbocycles. The van der Waals surface area contributed by atoms with Crippen LogP contribution in [0.4, 0.5) is 0 Å². The summed E-state index contributed by atoms with van der Waals surface area (Å²) in [6.45, 7) is 0. The number of aromatic nitrogens is 5. The van der Waals surface area contributed by atoms with Gasteiger partial charge in [-0.05, 0) is 48.5 Å². The van der Waals surface area contributed by atoms with Gasteiger partial charge in [-0.1, -0.05) is 91.0 Å². The Morgan fingerprint density at radius 2 is 1.23 bits per heavy atom. The van der Waals surface area contributed by atoms with Crippen molar-refractivity contribution < 1.29 is 4.42 Å². The Kier molecular flexibility index (Phi) is 5.64. The van der Waals surface area contributed by atoms with Gasteiger partial charge >= 0.3 is 0 Å². The maximum absolute atomic E-state index is 6.16. The molecule has 0 radical (unpaired) electrons. The van der Waals surface area contributed by atoms with Crippen LogP contribution in [0.5, 0.6) is 0 Å². The van der Waals surface area contributed by atoms with Gasteiger partial charge in [0.15, 0.2) is 17.2 Å². The van der Waals surface area contributed by atoms with Crippen LogP contribution >= 0.6 is 11.3 Å². The highest BCUT2D eigenvalue weighted by atomic mass is 32.1. The Morgan fingerprint density at radius 1 is 0.511 bits per heavy atom. The number of oxazole rings is 1. The second kappa shape index (κ2) is 10.2. The van der Waals surface area contributed by atoms with E-state index < -0.39 is 0 Å². The van der Waals surface area contributed by atoms with Gasteiger partial charge < -0.3 is 4.42 Å². The summed E-state index contributed by atoms with van der Waals surface area (Å²) in [7, 11) is 0. The van der Waals surface area contributed by atoms with E-state index >= 15 is 0 Å². The van der Waals surface area contributed by atoms with E-state index in [9.17, 15) is 0 Å². The molecule has 0 amide bonds. The van der Waals surface area contributed by atoms with Crippen molar-refractivity contribution >= 4 is 64.4 Å². The monoisotopic (exact) mass is 621 g/mol. The molecule has 0 unspecified atom stereocenters. The highest BCUT2D eigenvalue weighted by Crippen LogP contribution is 2.41. The van der Waals surface area contributed by atoms with Gasteiger partial charge in [0, 0.05) is 47.6 Å². The highest BCUT2D eigenvalue weighted by molar-refractivity contribution is 7.26. The molecule has 10 rings (SSSR count). The summed E-state index contributed by atoms with van der Waals surface area (Å²) < 4.78 is 10.6. The van der Waals surface area contributed by atoms with Crippen molar-refractivity contribution in [2.75, 3.05) is 0 Å². The van der Waals surface area contributed by atoms with E-state index in [0.717, 1.165) is 65.1 Å². The van der Waals surface area contributed by atoms with Crippen molar-refractivity contribution in [3.63, 3.8) is 0 Å². The summed E-state index contributed by atoms with van der Waals surface area (Å²) in [4.78, 5) is 20.2. The number of thiophene rings is 1. The van der Waals surface area contributed by atoms with Crippen molar-refractivity contribution in [2.45, 2.75) is 0 Å². The molecule has 6 nitrogen and oxygen atoms in total. The summed E-state index contributed by atoms with van der Waals surface area (Å²) >= 11 is 1.76. The van der Waals surface area contributed by atoms with Crippen molar-refractivity contribution in [1.29, 1.82) is 0 Å². The summed E-state index contributed by atoms with van der Waals surface area (Å²) in [5, 5.41) is 4.53. The third-order valence-corrected chi connectivity index (χ3v) is 9.85. The molecule has 10 aromatic rings. The molecule has 4 heterocycles. The lowest BCUT2D eigenvalue weighted by Gasteiger charge is -2.11. The maximum atomic E-state index is 6.16. The van der Waals surface area contributed by atoms with E-state index in [0.29, 0.717) is 23.5 Å². The fourth-order valence-electron chi connectivity index (χ4n) is 6.58. The van der Waals surface area contributed by atoms with E-state index in [-0.39, 0.29) is 0 Å². The predicted octanol–water partition coefficient (Wildman–Crippen LogP) is 10.5. The summed E-state index contributed by atoms with van der Waals surface area (Å²) in [6.07, 6.45) is 0. The van der Waals surface area contributed by atoms with E-state index in [1.807, 2.05) is 54.6 Å². The Hall–Kier alpha value is -6.18. The van der Waals surface area contributed by atoms with Crippen LogP contribution in [0.15, 0.2) is 144 Å². The van der Waals surface area contributed by atoms with Crippen molar-refractivity contribution in [3.8, 4) is 40.2 Å². The molecule has 0 saturated heterocycles. The second-order valence-electron chi connectivity index (χ2n) is 11.5. The van der Waals surface area contributed by atoms with Crippen molar-refractivity contribution in [2.24, 2.45) is 0 Å². The van der Waals surface area contributed by atoms with Crippen molar-refractivity contribution in [3.05, 3.63) is 140 Å². The molecule has 4 aromatic heterocycles. The Labute approximate surface area is 272 Å². The lowest BCUT2D eigenvalue weighted by molar-refractivity contribution is 0.620. The lowest BCUT2D eigenvalue weighted by Crippen LogP contribution is -2.06. The number of para-hydroxylation sites is 4. The molecule has 0 spiro atoms. The molecule has 220 valence electrons. The average Bonchev–Trinajstić information content (AvgIpc) is 3.83. The highest BCUT2D eigenvalue weighted by Gasteiger charge is 2.20. The molecule has 0 aliphatic carbocycles. The molecule has 0 bridgehead atoms. The van der Waals surface area contributed by atoms with Crippen LogP contribution in [-0.4, -0.2) is 24.5 Å². The van der Waals surface area contributed by atoms with E-state index in [1.165, 1.54) is 4.70 Å². The lowest BCUT2D eigenvalue weighted by atomic mass is 10.0. The summed E-state index contributed by atoms with van der Waals surface area (Å²) in [5.41, 5.74) is 6.52. The molecule has 47 heavy (non-hydrogen) atoms. The smallest absolute Gasteiger partial charge is 0.238 e. The molecule has 0 atom stereocenters. The minimum absolute atomic E-state index is 0.579. The number of fused-ring (bicyclic) bond motifs is 7. The molecule has 0 aliphatic rings. The largest absolute Gasteiger partial charge is 0.436 e. The number of hydrogen-bond donors (Lipinski definition) is 0. The van der Waals surface area contributed by atoms with Crippen LogP contribution in [0.3, 0.4) is 0 Å². The zero-order chi connectivity index (χ0) is 30.9. The molecular weight excluding hydrogens is 599 g/mol. The molecule has 0 aliphatic heterocycles. The fraction of sp³-hybridized carbons (Fsp3) is 0. The zero-order valence-electron chi connectivity index (χ0n) is 24.8. The van der Waals surface area contributed by atoms with Gasteiger partial charge in [-0.3, -0.25) is 4.57 Å². The minimum Gasteiger partial charge on any atom is -0.436 e. The number of hydrogen-bond acceptors (Lipinski definition) is 6. The molecule has 0 fully saturated rings. The topological polar surface area (TPSA) is 69.6 Å². The average molecular weight is 622 g/mol. The number of nitrogens with zero attached hydrogens (tertiary/aromatic N) is 5. The van der Waals surface area contributed by atoms with Gasteiger partial charge in [0.1, 0.15) is 5.52 Å². The van der Waals surface area contributed by atoms with Crippen LogP contribution in [-0.2, 0) is 0 Å². The first kappa shape index (κ1) is 26.1. The van der Waals surface area contributed by atoms with Crippen LogP contribution in [0, 0.1) is 0 Å². The van der Waals surface area contributed by atoms with Gasteiger partial charge in [-0.2, -0.15) is 9.97 Å². The van der Waals surface area contributed by atoms with Gasteiger partial charge in [0.2, 0.25) is 11.8 Å². The van der Waals surface area contributed by atoms with E-state index in [4.69, 9.17) is 24.4 Å². The van der Waals surface area contributed by atoms with Crippen LogP contribution in [0.1, 0.15) is 0 Å². The quantitative estimate of drug-likeness (QED) is 0.196. The number of rotatable bonds is 4. The zero-order valence-corrected chi connectivity index (χ0v) is 25.6. The standard InChI is InChI=1S/C40H23N5OS/c1-2-11-24(12-3-1)37-42-38(44-40(43-37)45-31-17-7-4-13-26(31)27-14-5-8-18-32(27)45)28-15-10-20-35-36(28)29-23-25(21-22-34(29)47-35)39-41-30-16-6-9-19-33(30)46-39/h1-23H.